The highest BCUT2D eigenvalue weighted by molar-refractivity contribution is 7.89. The largest absolute Gasteiger partial charge is 0.332 e. The smallest absolute Gasteiger partial charge is 0.260 e. The number of hydrogen-bond acceptors (Lipinski definition) is 4. The molecule has 1 aromatic rings. The van der Waals surface area contributed by atoms with Crippen LogP contribution in [0.15, 0.2) is 11.2 Å². The van der Waals surface area contributed by atoms with Crippen LogP contribution in [0.2, 0.25) is 0 Å². The molecule has 16 heavy (non-hydrogen) atoms. The number of nitrogens with zero attached hydrogens (tertiary/aromatic N) is 2. The minimum absolute atomic E-state index is 0.0966. The van der Waals surface area contributed by atoms with E-state index >= 15 is 0 Å². The van der Waals surface area contributed by atoms with Crippen LogP contribution in [0, 0.1) is 6.92 Å². The van der Waals surface area contributed by atoms with Crippen molar-refractivity contribution in [2.75, 3.05) is 13.1 Å². The number of piperidine rings is 1. The van der Waals surface area contributed by atoms with E-state index in [1.807, 2.05) is 0 Å². The maximum Gasteiger partial charge on any atom is 0.260 e. The van der Waals surface area contributed by atoms with Crippen molar-refractivity contribution < 1.29 is 13.2 Å². The number of nitrogens with one attached hydrogen (secondary N) is 1. The van der Waals surface area contributed by atoms with E-state index in [1.54, 1.807) is 6.92 Å². The van der Waals surface area contributed by atoms with Gasteiger partial charge in [0.25, 0.3) is 10.0 Å². The second-order valence-electron chi connectivity index (χ2n) is 3.78. The van der Waals surface area contributed by atoms with Crippen LogP contribution >= 0.6 is 0 Å². The molecule has 1 N–H and O–H groups in total. The second kappa shape index (κ2) is 3.99. The minimum atomic E-state index is -3.50. The van der Waals surface area contributed by atoms with Crippen molar-refractivity contribution in [2.24, 2.45) is 0 Å². The highest BCUT2D eigenvalue weighted by Crippen LogP contribution is 2.17. The predicted octanol–water partition coefficient (Wildman–Crippen LogP) is 0.0717. The average Bonchev–Trinajstić information content (AvgIpc) is 2.66. The summed E-state index contributed by atoms with van der Waals surface area (Å²) in [5, 5.41) is 0.0966. The van der Waals surface area contributed by atoms with Gasteiger partial charge < -0.3 is 4.98 Å². The molecule has 0 unspecified atom stereocenters. The monoisotopic (exact) mass is 243 g/mol. The van der Waals surface area contributed by atoms with Crippen LogP contribution in [-0.4, -0.2) is 41.6 Å². The van der Waals surface area contributed by atoms with Crippen molar-refractivity contribution in [3.05, 3.63) is 12.0 Å². The van der Waals surface area contributed by atoms with Crippen molar-refractivity contribution in [3.63, 3.8) is 0 Å². The zero-order chi connectivity index (χ0) is 11.8. The average molecular weight is 243 g/mol. The van der Waals surface area contributed by atoms with E-state index < -0.39 is 10.0 Å². The number of aromatic amines is 1. The van der Waals surface area contributed by atoms with Crippen molar-refractivity contribution >= 4 is 15.8 Å². The number of Topliss-reactive ketones (excluding diaryl/α,β-unsaturated/α-hetero) is 1. The number of hydrogen-bond donors (Lipinski definition) is 1. The van der Waals surface area contributed by atoms with Gasteiger partial charge in [0.15, 0.2) is 5.03 Å². The molecule has 1 fully saturated rings. The fourth-order valence-electron chi connectivity index (χ4n) is 1.64. The van der Waals surface area contributed by atoms with Crippen LogP contribution in [0.3, 0.4) is 0 Å². The van der Waals surface area contributed by atoms with E-state index in [9.17, 15) is 13.2 Å². The van der Waals surface area contributed by atoms with Gasteiger partial charge in [0.1, 0.15) is 11.6 Å². The molecule has 1 saturated heterocycles. The Bertz CT molecular complexity index is 496. The van der Waals surface area contributed by atoms with Crippen molar-refractivity contribution in [1.29, 1.82) is 0 Å². The lowest BCUT2D eigenvalue weighted by atomic mass is 10.1. The molecule has 1 aromatic heterocycles. The lowest BCUT2D eigenvalue weighted by molar-refractivity contribution is -0.120. The normalized spacial score (nSPS) is 18.9. The van der Waals surface area contributed by atoms with Gasteiger partial charge in [0.2, 0.25) is 0 Å². The fraction of sp³-hybridized carbons (Fsp3) is 0.556. The Hall–Kier alpha value is -1.21. The van der Waals surface area contributed by atoms with E-state index in [4.69, 9.17) is 0 Å². The number of ketones is 1. The number of aromatic nitrogens is 2. The highest BCUT2D eigenvalue weighted by atomic mass is 32.2. The summed E-state index contributed by atoms with van der Waals surface area (Å²) in [4.78, 5) is 17.6. The second-order valence-corrected chi connectivity index (χ2v) is 5.68. The molecule has 2 heterocycles. The Labute approximate surface area is 93.7 Å². The van der Waals surface area contributed by atoms with Gasteiger partial charge in [-0.2, -0.15) is 4.31 Å². The van der Waals surface area contributed by atoms with E-state index in [1.165, 1.54) is 10.5 Å². The summed E-state index contributed by atoms with van der Waals surface area (Å²) in [5.74, 6) is 0.680. The molecule has 0 atom stereocenters. The van der Waals surface area contributed by atoms with Gasteiger partial charge in [-0.3, -0.25) is 4.79 Å². The first-order chi connectivity index (χ1) is 7.50. The molecule has 2 rings (SSSR count). The van der Waals surface area contributed by atoms with E-state index in [0.717, 1.165) is 0 Å². The molecular weight excluding hydrogens is 230 g/mol. The summed E-state index contributed by atoms with van der Waals surface area (Å²) in [6, 6.07) is 0. The molecule has 0 spiro atoms. The summed E-state index contributed by atoms with van der Waals surface area (Å²) in [6.07, 6.45) is 1.90. The van der Waals surface area contributed by atoms with Crippen molar-refractivity contribution in [3.8, 4) is 0 Å². The third-order valence-electron chi connectivity index (χ3n) is 2.58. The molecule has 0 bridgehead atoms. The Kier molecular flexibility index (Phi) is 2.81. The molecule has 6 nitrogen and oxygen atoms in total. The third-order valence-corrected chi connectivity index (χ3v) is 4.39. The van der Waals surface area contributed by atoms with Gasteiger partial charge in [-0.1, -0.05) is 0 Å². The number of carbonyl (C=O) groups excluding carboxylic acids is 1. The van der Waals surface area contributed by atoms with Gasteiger partial charge in [-0.25, -0.2) is 13.4 Å². The number of carbonyl (C=O) groups is 1. The maximum atomic E-state index is 12.1. The number of H-pyrrole nitrogens is 1. The quantitative estimate of drug-likeness (QED) is 0.796. The van der Waals surface area contributed by atoms with Crippen molar-refractivity contribution in [2.45, 2.75) is 24.8 Å². The zero-order valence-electron chi connectivity index (χ0n) is 8.93. The highest BCUT2D eigenvalue weighted by Gasteiger charge is 2.29. The number of imidazole rings is 1. The first kappa shape index (κ1) is 11.3. The maximum absolute atomic E-state index is 12.1. The van der Waals surface area contributed by atoms with E-state index in [0.29, 0.717) is 18.7 Å². The number of aryl methyl sites for hydroxylation is 1. The molecule has 7 heteroatoms. The summed E-state index contributed by atoms with van der Waals surface area (Å²) >= 11 is 0. The van der Waals surface area contributed by atoms with Gasteiger partial charge in [-0.15, -0.1) is 0 Å². The summed E-state index contributed by atoms with van der Waals surface area (Å²) < 4.78 is 25.4. The van der Waals surface area contributed by atoms with E-state index in [-0.39, 0.29) is 23.9 Å². The van der Waals surface area contributed by atoms with Crippen LogP contribution in [0.5, 0.6) is 0 Å². The Morgan fingerprint density at radius 1 is 1.38 bits per heavy atom. The molecular formula is C9H13N3O3S. The third kappa shape index (κ3) is 2.00. The van der Waals surface area contributed by atoms with Gasteiger partial charge >= 0.3 is 0 Å². The van der Waals surface area contributed by atoms with Gasteiger partial charge in [0.05, 0.1) is 6.20 Å². The van der Waals surface area contributed by atoms with Crippen molar-refractivity contribution in [1.82, 2.24) is 14.3 Å². The first-order valence-corrected chi connectivity index (χ1v) is 6.47. The topological polar surface area (TPSA) is 83.1 Å². The number of sulfonamides is 1. The molecule has 0 radical (unpaired) electrons. The fourth-order valence-corrected chi connectivity index (χ4v) is 3.05. The summed E-state index contributed by atoms with van der Waals surface area (Å²) in [5.41, 5.74) is 0. The summed E-state index contributed by atoms with van der Waals surface area (Å²) in [7, 11) is -3.50. The zero-order valence-corrected chi connectivity index (χ0v) is 9.75. The van der Waals surface area contributed by atoms with Crippen LogP contribution in [0.1, 0.15) is 18.7 Å². The van der Waals surface area contributed by atoms with E-state index in [2.05, 4.69) is 9.97 Å². The Morgan fingerprint density at radius 2 is 2.00 bits per heavy atom. The van der Waals surface area contributed by atoms with Crippen LogP contribution in [0.25, 0.3) is 0 Å². The predicted molar refractivity (Wildman–Crippen MR) is 56.3 cm³/mol. The summed E-state index contributed by atoms with van der Waals surface area (Å²) in [6.45, 7) is 2.22. The van der Waals surface area contributed by atoms with Gasteiger partial charge in [0, 0.05) is 25.9 Å². The molecule has 88 valence electrons. The van der Waals surface area contributed by atoms with Crippen LogP contribution in [0.4, 0.5) is 0 Å². The number of rotatable bonds is 2. The molecule has 0 aromatic carbocycles. The molecule has 0 aliphatic carbocycles. The molecule has 0 saturated carbocycles. The minimum Gasteiger partial charge on any atom is -0.332 e. The molecule has 1 aliphatic rings. The SMILES string of the molecule is Cc1ncc(S(=O)(=O)N2CCC(=O)CC2)[nH]1. The lowest BCUT2D eigenvalue weighted by Crippen LogP contribution is -2.38. The molecule has 1 aliphatic heterocycles. The molecule has 0 amide bonds. The van der Waals surface area contributed by atoms with Gasteiger partial charge in [-0.05, 0) is 6.92 Å². The van der Waals surface area contributed by atoms with Crippen LogP contribution < -0.4 is 0 Å². The standard InChI is InChI=1S/C9H13N3O3S/c1-7-10-6-9(11-7)16(14,15)12-4-2-8(13)3-5-12/h6H,2-5H2,1H3,(H,10,11). The Balaban J connectivity index is 2.23. The van der Waals surface area contributed by atoms with Crippen LogP contribution in [-0.2, 0) is 14.8 Å². The lowest BCUT2D eigenvalue weighted by Gasteiger charge is -2.24. The first-order valence-electron chi connectivity index (χ1n) is 5.03. The Morgan fingerprint density at radius 3 is 2.50 bits per heavy atom.